The Labute approximate surface area is 101 Å². The van der Waals surface area contributed by atoms with Crippen LogP contribution >= 0.6 is 15.9 Å². The number of halogens is 2. The van der Waals surface area contributed by atoms with E-state index in [1.165, 1.54) is 12.1 Å². The summed E-state index contributed by atoms with van der Waals surface area (Å²) in [4.78, 5) is 4.30. The summed E-state index contributed by atoms with van der Waals surface area (Å²) in [5, 5.41) is 0. The maximum atomic E-state index is 12.8. The van der Waals surface area contributed by atoms with Gasteiger partial charge in [-0.1, -0.05) is 0 Å². The van der Waals surface area contributed by atoms with Gasteiger partial charge in [-0.2, -0.15) is 0 Å². The van der Waals surface area contributed by atoms with Crippen LogP contribution in [0.3, 0.4) is 0 Å². The zero-order valence-corrected chi connectivity index (χ0v) is 10.0. The smallest absolute Gasteiger partial charge is 0.123 e. The normalized spacial score (nSPS) is 10.4. The molecule has 1 aromatic heterocycles. The third kappa shape index (κ3) is 2.28. The number of pyridine rings is 1. The van der Waals surface area contributed by atoms with Crippen LogP contribution in [0.25, 0.3) is 11.3 Å². The monoisotopic (exact) mass is 280 g/mol. The van der Waals surface area contributed by atoms with Crippen LogP contribution in [0.15, 0.2) is 41.0 Å². The van der Waals surface area contributed by atoms with Crippen molar-refractivity contribution in [2.75, 3.05) is 0 Å². The molecule has 0 bridgehead atoms. The van der Waals surface area contributed by atoms with Gasteiger partial charge in [0.05, 0.1) is 5.69 Å². The molecule has 16 heavy (non-hydrogen) atoms. The van der Waals surface area contributed by atoms with Crippen molar-refractivity contribution in [1.29, 1.82) is 0 Å². The molecule has 0 fully saturated rings. The molecular weight excluding hydrogens is 271 g/mol. The van der Waals surface area contributed by atoms with Crippen LogP contribution in [0.2, 0.25) is 0 Å². The molecule has 0 aliphatic heterocycles. The highest BCUT2D eigenvalue weighted by atomic mass is 79.9. The first kappa shape index (κ1) is 11.2. The van der Waals surface area contributed by atoms with Crippen molar-refractivity contribution >= 4 is 15.9 Å². The Morgan fingerprint density at radius 3 is 2.50 bits per heavy atom. The van der Waals surface area contributed by atoms with E-state index < -0.39 is 0 Å². The van der Waals surface area contributed by atoms with Gasteiger partial charge in [0.2, 0.25) is 0 Å². The number of benzene rings is 1. The van der Waals surface area contributed by atoms with E-state index in [9.17, 15) is 4.39 Å². The molecule has 2 nitrogen and oxygen atoms in total. The Morgan fingerprint density at radius 1 is 1.25 bits per heavy atom. The van der Waals surface area contributed by atoms with E-state index in [4.69, 9.17) is 5.73 Å². The van der Waals surface area contributed by atoms with E-state index in [0.717, 1.165) is 21.3 Å². The molecule has 0 spiro atoms. The molecule has 2 rings (SSSR count). The summed E-state index contributed by atoms with van der Waals surface area (Å²) in [5.41, 5.74) is 8.13. The van der Waals surface area contributed by atoms with Crippen LogP contribution in [0.5, 0.6) is 0 Å². The van der Waals surface area contributed by atoms with E-state index >= 15 is 0 Å². The minimum Gasteiger partial charge on any atom is -0.326 e. The molecule has 1 heterocycles. The fourth-order valence-corrected chi connectivity index (χ4v) is 2.03. The number of aromatic nitrogens is 1. The van der Waals surface area contributed by atoms with E-state index in [2.05, 4.69) is 20.9 Å². The van der Waals surface area contributed by atoms with Crippen molar-refractivity contribution in [3.8, 4) is 11.3 Å². The second-order valence-corrected chi connectivity index (χ2v) is 4.24. The molecule has 0 atom stereocenters. The van der Waals surface area contributed by atoms with Gasteiger partial charge in [-0.15, -0.1) is 0 Å². The molecular formula is C12H10BrFN2. The van der Waals surface area contributed by atoms with Crippen LogP contribution in [0, 0.1) is 5.82 Å². The highest BCUT2D eigenvalue weighted by Gasteiger charge is 2.05. The lowest BCUT2D eigenvalue weighted by atomic mass is 10.1. The van der Waals surface area contributed by atoms with Crippen LogP contribution in [0.1, 0.15) is 5.56 Å². The molecule has 0 radical (unpaired) electrons. The third-order valence-electron chi connectivity index (χ3n) is 2.25. The van der Waals surface area contributed by atoms with Crippen LogP contribution < -0.4 is 5.73 Å². The van der Waals surface area contributed by atoms with Crippen molar-refractivity contribution in [3.05, 3.63) is 52.4 Å². The zero-order valence-electron chi connectivity index (χ0n) is 8.45. The maximum Gasteiger partial charge on any atom is 0.123 e. The van der Waals surface area contributed by atoms with Gasteiger partial charge in [-0.05, 0) is 51.8 Å². The zero-order chi connectivity index (χ0) is 11.5. The lowest BCUT2D eigenvalue weighted by molar-refractivity contribution is 0.628. The highest BCUT2D eigenvalue weighted by molar-refractivity contribution is 9.10. The molecule has 0 unspecified atom stereocenters. The number of nitrogens with two attached hydrogens (primary N) is 1. The van der Waals surface area contributed by atoms with E-state index in [-0.39, 0.29) is 5.82 Å². The molecule has 1 aromatic carbocycles. The largest absolute Gasteiger partial charge is 0.326 e. The number of hydrogen-bond donors (Lipinski definition) is 1. The molecule has 2 aromatic rings. The van der Waals surface area contributed by atoms with Gasteiger partial charge >= 0.3 is 0 Å². The lowest BCUT2D eigenvalue weighted by Gasteiger charge is -2.05. The Hall–Kier alpha value is -1.26. The second-order valence-electron chi connectivity index (χ2n) is 3.39. The highest BCUT2D eigenvalue weighted by Crippen LogP contribution is 2.26. The molecule has 2 N–H and O–H groups in total. The standard InChI is InChI=1S/C12H10BrFN2/c13-11-5-8(6-15)7-16-12(11)9-1-3-10(14)4-2-9/h1-5,7H,6,15H2. The average molecular weight is 281 g/mol. The predicted octanol–water partition coefficient (Wildman–Crippen LogP) is 3.11. The van der Waals surface area contributed by atoms with Crippen molar-refractivity contribution in [2.45, 2.75) is 6.54 Å². The van der Waals surface area contributed by atoms with Gasteiger partial charge in [-0.3, -0.25) is 4.98 Å². The Kier molecular flexibility index (Phi) is 3.31. The third-order valence-corrected chi connectivity index (χ3v) is 2.86. The van der Waals surface area contributed by atoms with Gasteiger partial charge in [0.15, 0.2) is 0 Å². The number of nitrogens with zero attached hydrogens (tertiary/aromatic N) is 1. The Balaban J connectivity index is 2.44. The SMILES string of the molecule is NCc1cnc(-c2ccc(F)cc2)c(Br)c1. The minimum absolute atomic E-state index is 0.251. The quantitative estimate of drug-likeness (QED) is 0.918. The van der Waals surface area contributed by atoms with Crippen molar-refractivity contribution in [1.82, 2.24) is 4.98 Å². The molecule has 0 saturated heterocycles. The number of hydrogen-bond acceptors (Lipinski definition) is 2. The summed E-state index contributed by atoms with van der Waals surface area (Å²) in [7, 11) is 0. The molecule has 0 aliphatic carbocycles. The second kappa shape index (κ2) is 4.72. The molecule has 4 heteroatoms. The average Bonchev–Trinajstić information content (AvgIpc) is 2.30. The summed E-state index contributed by atoms with van der Waals surface area (Å²) >= 11 is 3.43. The van der Waals surface area contributed by atoms with Gasteiger partial charge < -0.3 is 5.73 Å². The van der Waals surface area contributed by atoms with Gasteiger partial charge in [0, 0.05) is 22.8 Å². The first-order valence-electron chi connectivity index (χ1n) is 4.81. The van der Waals surface area contributed by atoms with Gasteiger partial charge in [0.1, 0.15) is 5.82 Å². The fraction of sp³-hybridized carbons (Fsp3) is 0.0833. The van der Waals surface area contributed by atoms with Crippen LogP contribution in [-0.4, -0.2) is 4.98 Å². The van der Waals surface area contributed by atoms with E-state index in [1.807, 2.05) is 6.07 Å². The first-order valence-corrected chi connectivity index (χ1v) is 5.60. The topological polar surface area (TPSA) is 38.9 Å². The summed E-state index contributed by atoms with van der Waals surface area (Å²) < 4.78 is 13.6. The van der Waals surface area contributed by atoms with Crippen LogP contribution in [0.4, 0.5) is 4.39 Å². The summed E-state index contributed by atoms with van der Waals surface area (Å²) in [6, 6.07) is 8.15. The summed E-state index contributed by atoms with van der Waals surface area (Å²) in [5.74, 6) is -0.251. The van der Waals surface area contributed by atoms with Crippen molar-refractivity contribution in [2.24, 2.45) is 5.73 Å². The van der Waals surface area contributed by atoms with Crippen molar-refractivity contribution in [3.63, 3.8) is 0 Å². The predicted molar refractivity (Wildman–Crippen MR) is 65.2 cm³/mol. The van der Waals surface area contributed by atoms with Crippen LogP contribution in [-0.2, 0) is 6.54 Å². The van der Waals surface area contributed by atoms with E-state index in [0.29, 0.717) is 6.54 Å². The molecule has 82 valence electrons. The Morgan fingerprint density at radius 2 is 1.94 bits per heavy atom. The summed E-state index contributed by atoms with van der Waals surface area (Å²) in [6.45, 7) is 0.454. The van der Waals surface area contributed by atoms with E-state index in [1.54, 1.807) is 18.3 Å². The lowest BCUT2D eigenvalue weighted by Crippen LogP contribution is -1.98. The Bertz CT molecular complexity index is 497. The fourth-order valence-electron chi connectivity index (χ4n) is 1.41. The molecule has 0 aliphatic rings. The minimum atomic E-state index is -0.251. The molecule has 0 amide bonds. The van der Waals surface area contributed by atoms with Gasteiger partial charge in [0.25, 0.3) is 0 Å². The molecule has 0 saturated carbocycles. The first-order chi connectivity index (χ1) is 7.70. The maximum absolute atomic E-state index is 12.8. The van der Waals surface area contributed by atoms with Gasteiger partial charge in [-0.25, -0.2) is 4.39 Å². The van der Waals surface area contributed by atoms with Crippen molar-refractivity contribution < 1.29 is 4.39 Å². The number of rotatable bonds is 2. The summed E-state index contributed by atoms with van der Waals surface area (Å²) in [6.07, 6.45) is 1.73.